The van der Waals surface area contributed by atoms with Crippen LogP contribution in [0.2, 0.25) is 0 Å². The van der Waals surface area contributed by atoms with Gasteiger partial charge >= 0.3 is 5.97 Å². The number of carbonyl (C=O) groups is 1. The number of aliphatic carboxylic acids is 1. The zero-order valence-electron chi connectivity index (χ0n) is 20.3. The second kappa shape index (κ2) is 11.4. The van der Waals surface area contributed by atoms with Crippen LogP contribution in [-0.2, 0) is 14.6 Å². The molecule has 3 rings (SSSR count). The molecule has 2 unspecified atom stereocenters. The summed E-state index contributed by atoms with van der Waals surface area (Å²) in [5, 5.41) is 8.80. The van der Waals surface area contributed by atoms with E-state index < -0.39 is 27.7 Å². The van der Waals surface area contributed by atoms with E-state index >= 15 is 0 Å². The van der Waals surface area contributed by atoms with Gasteiger partial charge in [-0.25, -0.2) is 17.6 Å². The highest BCUT2D eigenvalue weighted by molar-refractivity contribution is 7.94. The summed E-state index contributed by atoms with van der Waals surface area (Å²) in [6.45, 7) is 7.00. The molecule has 0 aliphatic carbocycles. The second-order valence-corrected chi connectivity index (χ2v) is 12.1. The van der Waals surface area contributed by atoms with E-state index in [0.29, 0.717) is 52.3 Å². The molecule has 2 aromatic carbocycles. The molecule has 0 aliphatic heterocycles. The maximum absolute atomic E-state index is 13.8. The predicted octanol–water partition coefficient (Wildman–Crippen LogP) is 6.31. The van der Waals surface area contributed by atoms with Crippen LogP contribution in [0.4, 0.5) is 4.39 Å². The number of carboxylic acid groups (broad SMARTS) is 1. The van der Waals surface area contributed by atoms with Crippen molar-refractivity contribution in [3.05, 3.63) is 53.3 Å². The molecule has 2 atom stereocenters. The van der Waals surface area contributed by atoms with Gasteiger partial charge in [0.25, 0.3) is 0 Å². The Morgan fingerprint density at radius 1 is 1.14 bits per heavy atom. The van der Waals surface area contributed by atoms with E-state index in [2.05, 4.69) is 0 Å². The molecule has 1 N–H and O–H groups in total. The average Bonchev–Trinajstić information content (AvgIpc) is 3.14. The Kier molecular flexibility index (Phi) is 8.77. The predicted molar refractivity (Wildman–Crippen MR) is 136 cm³/mol. The molecule has 0 fully saturated rings. The van der Waals surface area contributed by atoms with Gasteiger partial charge in [-0.3, -0.25) is 0 Å². The van der Waals surface area contributed by atoms with Crippen LogP contribution in [0.1, 0.15) is 50.7 Å². The first-order chi connectivity index (χ1) is 16.6. The van der Waals surface area contributed by atoms with Crippen LogP contribution < -0.4 is 9.47 Å². The molecule has 35 heavy (non-hydrogen) atoms. The lowest BCUT2D eigenvalue weighted by molar-refractivity contribution is -0.139. The van der Waals surface area contributed by atoms with Gasteiger partial charge in [0.1, 0.15) is 21.5 Å². The van der Waals surface area contributed by atoms with Crippen molar-refractivity contribution < 1.29 is 32.2 Å². The number of sulfone groups is 1. The first kappa shape index (κ1) is 26.9. The lowest BCUT2D eigenvalue weighted by Gasteiger charge is -2.24. The van der Waals surface area contributed by atoms with Gasteiger partial charge in [-0.05, 0) is 79.6 Å². The molecule has 0 saturated heterocycles. The van der Waals surface area contributed by atoms with E-state index in [4.69, 9.17) is 14.6 Å². The van der Waals surface area contributed by atoms with Gasteiger partial charge in [0.15, 0.2) is 16.4 Å². The third-order valence-corrected chi connectivity index (χ3v) is 10.1. The summed E-state index contributed by atoms with van der Waals surface area (Å²) in [4.78, 5) is 10.7. The number of hydrogen-bond acceptors (Lipinski definition) is 6. The van der Waals surface area contributed by atoms with Crippen LogP contribution in [-0.4, -0.2) is 37.5 Å². The fourth-order valence-electron chi connectivity index (χ4n) is 4.10. The van der Waals surface area contributed by atoms with Crippen LogP contribution in [0, 0.1) is 19.7 Å². The van der Waals surface area contributed by atoms with Crippen LogP contribution >= 0.6 is 11.3 Å². The molecule has 6 nitrogen and oxygen atoms in total. The number of ether oxygens (including phenoxy) is 2. The number of aryl methyl sites for hydroxylation is 2. The zero-order valence-corrected chi connectivity index (χ0v) is 22.0. The second-order valence-electron chi connectivity index (χ2n) is 8.60. The average molecular weight is 523 g/mol. The van der Waals surface area contributed by atoms with Gasteiger partial charge in [0, 0.05) is 11.1 Å². The molecule has 1 heterocycles. The maximum atomic E-state index is 13.8. The molecule has 0 saturated carbocycles. The van der Waals surface area contributed by atoms with Crippen molar-refractivity contribution in [3.8, 4) is 11.5 Å². The van der Waals surface area contributed by atoms with E-state index in [-0.39, 0.29) is 11.9 Å². The third kappa shape index (κ3) is 6.32. The number of halogens is 1. The van der Waals surface area contributed by atoms with Crippen LogP contribution in [0.15, 0.2) is 40.6 Å². The van der Waals surface area contributed by atoms with E-state index in [0.717, 1.165) is 10.3 Å². The highest BCUT2D eigenvalue weighted by Gasteiger charge is 2.33. The van der Waals surface area contributed by atoms with E-state index in [1.807, 2.05) is 13.8 Å². The highest BCUT2D eigenvalue weighted by atomic mass is 32.2. The van der Waals surface area contributed by atoms with Gasteiger partial charge in [-0.15, -0.1) is 11.3 Å². The number of fused-ring (bicyclic) bond motifs is 1. The molecule has 0 bridgehead atoms. The lowest BCUT2D eigenvalue weighted by Crippen LogP contribution is -2.29. The van der Waals surface area contributed by atoms with Gasteiger partial charge in [-0.2, -0.15) is 0 Å². The molecular formula is C26H31FO6S2. The monoisotopic (exact) mass is 522 g/mol. The largest absolute Gasteiger partial charge is 0.490 e. The van der Waals surface area contributed by atoms with Gasteiger partial charge in [-0.1, -0.05) is 20.3 Å². The summed E-state index contributed by atoms with van der Waals surface area (Å²) >= 11 is 1.19. The Hall–Kier alpha value is -2.65. The topological polar surface area (TPSA) is 89.9 Å². The van der Waals surface area contributed by atoms with Gasteiger partial charge in [0.05, 0.1) is 11.4 Å². The highest BCUT2D eigenvalue weighted by Crippen LogP contribution is 2.38. The van der Waals surface area contributed by atoms with Crippen LogP contribution in [0.3, 0.4) is 0 Å². The van der Waals surface area contributed by atoms with Gasteiger partial charge in [0.2, 0.25) is 0 Å². The Morgan fingerprint density at radius 3 is 2.51 bits per heavy atom. The Balaban J connectivity index is 1.83. The lowest BCUT2D eigenvalue weighted by atomic mass is 10.1. The third-order valence-electron chi connectivity index (χ3n) is 5.94. The normalized spacial score (nSPS) is 13.5. The van der Waals surface area contributed by atoms with E-state index in [9.17, 15) is 17.6 Å². The summed E-state index contributed by atoms with van der Waals surface area (Å²) in [6, 6.07) is 9.47. The summed E-state index contributed by atoms with van der Waals surface area (Å²) < 4.78 is 53.7. The van der Waals surface area contributed by atoms with Crippen molar-refractivity contribution >= 4 is 37.2 Å². The number of thiophene rings is 1. The number of hydrogen-bond donors (Lipinski definition) is 1. The van der Waals surface area contributed by atoms with Crippen LogP contribution in [0.25, 0.3) is 10.1 Å². The smallest absolute Gasteiger partial charge is 0.341 e. The molecule has 0 amide bonds. The summed E-state index contributed by atoms with van der Waals surface area (Å²) in [5.41, 5.74) is 1.32. The molecular weight excluding hydrogens is 491 g/mol. The van der Waals surface area contributed by atoms with E-state index in [1.165, 1.54) is 23.5 Å². The Labute approximate surface area is 209 Å². The standard InChI is InChI=1S/C26H31FO6S2/c1-5-7-21(35(30,31)26-17(4)22-13-18(27)8-11-24(22)34-26)14-19(6-2)33-20-9-10-23(16(3)12-20)32-15-25(28)29/h8-13,19,21H,5-7,14-15H2,1-4H3,(H,28,29). The molecule has 0 radical (unpaired) electrons. The number of carboxylic acids is 1. The van der Waals surface area contributed by atoms with Crippen molar-refractivity contribution in [2.24, 2.45) is 0 Å². The molecule has 190 valence electrons. The molecule has 0 spiro atoms. The minimum atomic E-state index is -3.66. The minimum Gasteiger partial charge on any atom is -0.490 e. The first-order valence-electron chi connectivity index (χ1n) is 11.6. The van der Waals surface area contributed by atoms with Crippen LogP contribution in [0.5, 0.6) is 11.5 Å². The van der Waals surface area contributed by atoms with Crippen molar-refractivity contribution in [3.63, 3.8) is 0 Å². The Morgan fingerprint density at radius 2 is 1.89 bits per heavy atom. The SMILES string of the molecule is CCCC(CC(CC)Oc1ccc(OCC(=O)O)c(C)c1)S(=O)(=O)c1sc2ccc(F)cc2c1C. The zero-order chi connectivity index (χ0) is 25.8. The fourth-order valence-corrected chi connectivity index (χ4v) is 8.01. The number of rotatable bonds is 12. The molecule has 1 aromatic heterocycles. The summed E-state index contributed by atoms with van der Waals surface area (Å²) in [5.74, 6) is -0.423. The molecule has 9 heteroatoms. The summed E-state index contributed by atoms with van der Waals surface area (Å²) in [6.07, 6.45) is 1.80. The minimum absolute atomic E-state index is 0.294. The Bertz CT molecular complexity index is 1300. The van der Waals surface area contributed by atoms with Crippen molar-refractivity contribution in [1.82, 2.24) is 0 Å². The van der Waals surface area contributed by atoms with Crippen molar-refractivity contribution in [1.29, 1.82) is 0 Å². The fraction of sp³-hybridized carbons (Fsp3) is 0.423. The first-order valence-corrected chi connectivity index (χ1v) is 14.0. The summed E-state index contributed by atoms with van der Waals surface area (Å²) in [7, 11) is -3.66. The van der Waals surface area contributed by atoms with Crippen molar-refractivity contribution in [2.75, 3.05) is 6.61 Å². The van der Waals surface area contributed by atoms with Crippen molar-refractivity contribution in [2.45, 2.75) is 68.9 Å². The van der Waals surface area contributed by atoms with E-state index in [1.54, 1.807) is 38.1 Å². The van der Waals surface area contributed by atoms with Gasteiger partial charge < -0.3 is 14.6 Å². The maximum Gasteiger partial charge on any atom is 0.341 e. The molecule has 3 aromatic rings. The molecule has 0 aliphatic rings. The number of benzene rings is 2. The quantitative estimate of drug-likeness (QED) is 0.300.